The van der Waals surface area contributed by atoms with Gasteiger partial charge in [0.05, 0.1) is 13.2 Å². The SMILES string of the molecule is C=C(C)Cn1c(C[NH+]2CCOCC2)nc2c1c(=O)n(C)c(=O)n2C. The van der Waals surface area contributed by atoms with Gasteiger partial charge >= 0.3 is 5.69 Å². The summed E-state index contributed by atoms with van der Waals surface area (Å²) in [6, 6.07) is 0. The fourth-order valence-electron chi connectivity index (χ4n) is 3.13. The minimum Gasteiger partial charge on any atom is -0.370 e. The van der Waals surface area contributed by atoms with Gasteiger partial charge in [0.25, 0.3) is 5.56 Å². The lowest BCUT2D eigenvalue weighted by Crippen LogP contribution is -3.12. The third kappa shape index (κ3) is 2.83. The Morgan fingerprint density at radius 3 is 2.54 bits per heavy atom. The number of nitrogens with one attached hydrogen (secondary N) is 1. The summed E-state index contributed by atoms with van der Waals surface area (Å²) in [5, 5.41) is 0. The average molecular weight is 334 g/mol. The molecule has 130 valence electrons. The molecular formula is C16H24N5O3+. The predicted molar refractivity (Wildman–Crippen MR) is 90.2 cm³/mol. The number of aromatic nitrogens is 4. The lowest BCUT2D eigenvalue weighted by Gasteiger charge is -2.23. The van der Waals surface area contributed by atoms with Crippen molar-refractivity contribution in [2.24, 2.45) is 14.1 Å². The number of quaternary nitrogens is 1. The van der Waals surface area contributed by atoms with Crippen molar-refractivity contribution in [1.29, 1.82) is 0 Å². The summed E-state index contributed by atoms with van der Waals surface area (Å²) >= 11 is 0. The van der Waals surface area contributed by atoms with Gasteiger partial charge in [-0.1, -0.05) is 12.2 Å². The zero-order valence-corrected chi connectivity index (χ0v) is 14.5. The van der Waals surface area contributed by atoms with E-state index in [2.05, 4.69) is 11.6 Å². The van der Waals surface area contributed by atoms with Crippen LogP contribution in [0.25, 0.3) is 11.2 Å². The van der Waals surface area contributed by atoms with Gasteiger partial charge in [-0.25, -0.2) is 9.78 Å². The van der Waals surface area contributed by atoms with Crippen LogP contribution in [0.5, 0.6) is 0 Å². The van der Waals surface area contributed by atoms with Crippen LogP contribution in [0.4, 0.5) is 0 Å². The maximum absolute atomic E-state index is 12.6. The van der Waals surface area contributed by atoms with E-state index in [1.807, 2.05) is 11.5 Å². The van der Waals surface area contributed by atoms with Gasteiger partial charge in [0.2, 0.25) is 0 Å². The molecule has 3 heterocycles. The minimum absolute atomic E-state index is 0.315. The lowest BCUT2D eigenvalue weighted by atomic mass is 10.3. The molecule has 0 amide bonds. The highest BCUT2D eigenvalue weighted by Crippen LogP contribution is 2.12. The summed E-state index contributed by atoms with van der Waals surface area (Å²) in [6.45, 7) is 10.4. The summed E-state index contributed by atoms with van der Waals surface area (Å²) in [5.41, 5.74) is 1.16. The highest BCUT2D eigenvalue weighted by molar-refractivity contribution is 5.71. The molecule has 1 aliphatic rings. The first-order valence-corrected chi connectivity index (χ1v) is 8.11. The average Bonchev–Trinajstić information content (AvgIpc) is 2.90. The van der Waals surface area contributed by atoms with Gasteiger partial charge in [-0.15, -0.1) is 0 Å². The summed E-state index contributed by atoms with van der Waals surface area (Å²) in [6.07, 6.45) is 0. The van der Waals surface area contributed by atoms with Crippen LogP contribution in [0, 0.1) is 0 Å². The van der Waals surface area contributed by atoms with Gasteiger partial charge in [-0.3, -0.25) is 13.9 Å². The normalized spacial score (nSPS) is 16.0. The second-order valence-electron chi connectivity index (χ2n) is 6.49. The lowest BCUT2D eigenvalue weighted by molar-refractivity contribution is -0.922. The van der Waals surface area contributed by atoms with Gasteiger partial charge < -0.3 is 14.2 Å². The molecule has 0 aliphatic carbocycles. The van der Waals surface area contributed by atoms with Gasteiger partial charge in [0, 0.05) is 20.6 Å². The maximum atomic E-state index is 12.6. The van der Waals surface area contributed by atoms with Gasteiger partial charge in [0.15, 0.2) is 17.0 Å². The molecule has 24 heavy (non-hydrogen) atoms. The molecule has 1 aliphatic heterocycles. The van der Waals surface area contributed by atoms with E-state index in [0.717, 1.165) is 42.3 Å². The van der Waals surface area contributed by atoms with Crippen LogP contribution in [0.1, 0.15) is 12.7 Å². The third-order valence-electron chi connectivity index (χ3n) is 4.46. The minimum atomic E-state index is -0.363. The molecule has 0 spiro atoms. The Bertz CT molecular complexity index is 899. The molecule has 0 saturated carbocycles. The van der Waals surface area contributed by atoms with Crippen molar-refractivity contribution in [1.82, 2.24) is 18.7 Å². The van der Waals surface area contributed by atoms with Gasteiger partial charge in [0.1, 0.15) is 19.6 Å². The van der Waals surface area contributed by atoms with Crippen LogP contribution in [0.3, 0.4) is 0 Å². The Kier molecular flexibility index (Phi) is 4.42. The molecule has 2 aromatic rings. The number of hydrogen-bond donors (Lipinski definition) is 1. The summed E-state index contributed by atoms with van der Waals surface area (Å²) in [7, 11) is 3.14. The maximum Gasteiger partial charge on any atom is 0.332 e. The molecule has 1 N–H and O–H groups in total. The van der Waals surface area contributed by atoms with Crippen molar-refractivity contribution < 1.29 is 9.64 Å². The molecule has 0 bridgehead atoms. The van der Waals surface area contributed by atoms with Gasteiger partial charge in [-0.05, 0) is 6.92 Å². The fraction of sp³-hybridized carbons (Fsp3) is 0.562. The van der Waals surface area contributed by atoms with Crippen molar-refractivity contribution in [3.8, 4) is 0 Å². The molecule has 0 aromatic carbocycles. The van der Waals surface area contributed by atoms with E-state index in [9.17, 15) is 9.59 Å². The largest absolute Gasteiger partial charge is 0.370 e. The van der Waals surface area contributed by atoms with Crippen LogP contribution in [0.15, 0.2) is 21.7 Å². The van der Waals surface area contributed by atoms with E-state index in [1.54, 1.807) is 7.05 Å². The number of morpholine rings is 1. The van der Waals surface area contributed by atoms with Crippen molar-refractivity contribution in [3.05, 3.63) is 38.8 Å². The Labute approximate surface area is 139 Å². The zero-order valence-electron chi connectivity index (χ0n) is 14.5. The van der Waals surface area contributed by atoms with Crippen LogP contribution in [-0.4, -0.2) is 45.0 Å². The van der Waals surface area contributed by atoms with Crippen molar-refractivity contribution >= 4 is 11.2 Å². The Balaban J connectivity index is 2.18. The van der Waals surface area contributed by atoms with Crippen LogP contribution >= 0.6 is 0 Å². The zero-order chi connectivity index (χ0) is 17.4. The summed E-state index contributed by atoms with van der Waals surface area (Å²) in [4.78, 5) is 30.8. The standard InChI is InChI=1S/C16H23N5O3/c1-11(2)9-21-12(10-20-5-7-24-8-6-20)17-14-13(21)15(22)19(4)16(23)18(14)3/h1,5-10H2,2-4H3/p+1. The number of fused-ring (bicyclic) bond motifs is 1. The molecule has 1 saturated heterocycles. The number of ether oxygens (including phenoxy) is 1. The number of rotatable bonds is 4. The number of hydrogen-bond acceptors (Lipinski definition) is 4. The first-order valence-electron chi connectivity index (χ1n) is 8.11. The highest BCUT2D eigenvalue weighted by Gasteiger charge is 2.23. The monoisotopic (exact) mass is 334 g/mol. The van der Waals surface area contributed by atoms with E-state index < -0.39 is 0 Å². The number of allylic oxidation sites excluding steroid dienone is 1. The van der Waals surface area contributed by atoms with E-state index >= 15 is 0 Å². The molecule has 8 heteroatoms. The van der Waals surface area contributed by atoms with E-state index in [0.29, 0.717) is 24.3 Å². The van der Waals surface area contributed by atoms with Crippen molar-refractivity contribution in [2.45, 2.75) is 20.0 Å². The van der Waals surface area contributed by atoms with E-state index in [-0.39, 0.29) is 11.2 Å². The number of nitrogens with zero attached hydrogens (tertiary/aromatic N) is 4. The van der Waals surface area contributed by atoms with Crippen LogP contribution in [0.2, 0.25) is 0 Å². The van der Waals surface area contributed by atoms with Crippen molar-refractivity contribution in [2.75, 3.05) is 26.3 Å². The highest BCUT2D eigenvalue weighted by atomic mass is 16.5. The van der Waals surface area contributed by atoms with Crippen LogP contribution in [-0.2, 0) is 31.9 Å². The third-order valence-corrected chi connectivity index (χ3v) is 4.46. The molecule has 2 aromatic heterocycles. The number of imidazole rings is 1. The second-order valence-corrected chi connectivity index (χ2v) is 6.49. The Morgan fingerprint density at radius 2 is 1.92 bits per heavy atom. The Hall–Kier alpha value is -2.19. The van der Waals surface area contributed by atoms with E-state index in [4.69, 9.17) is 4.74 Å². The van der Waals surface area contributed by atoms with E-state index in [1.165, 1.54) is 16.5 Å². The smallest absolute Gasteiger partial charge is 0.332 e. The molecular weight excluding hydrogens is 310 g/mol. The predicted octanol–water partition coefficient (Wildman–Crippen LogP) is -1.58. The molecule has 1 fully saturated rings. The van der Waals surface area contributed by atoms with Crippen molar-refractivity contribution in [3.63, 3.8) is 0 Å². The molecule has 0 radical (unpaired) electrons. The quantitative estimate of drug-likeness (QED) is 0.685. The molecule has 8 nitrogen and oxygen atoms in total. The Morgan fingerprint density at radius 1 is 1.25 bits per heavy atom. The van der Waals surface area contributed by atoms with Gasteiger partial charge in [-0.2, -0.15) is 0 Å². The molecule has 0 atom stereocenters. The summed E-state index contributed by atoms with van der Waals surface area (Å²) in [5.74, 6) is 0.809. The molecule has 0 unspecified atom stereocenters. The van der Waals surface area contributed by atoms with Crippen LogP contribution < -0.4 is 16.1 Å². The summed E-state index contributed by atoms with van der Waals surface area (Å²) < 4.78 is 9.87. The molecule has 3 rings (SSSR count). The number of aryl methyl sites for hydroxylation is 1. The second kappa shape index (κ2) is 6.37. The first kappa shape index (κ1) is 16.7. The fourth-order valence-corrected chi connectivity index (χ4v) is 3.13. The topological polar surface area (TPSA) is 75.5 Å². The first-order chi connectivity index (χ1) is 11.4.